The molecule has 3 rings (SSSR count). The van der Waals surface area contributed by atoms with Crippen molar-refractivity contribution >= 4 is 34.7 Å². The summed E-state index contributed by atoms with van der Waals surface area (Å²) in [5.41, 5.74) is 0.930. The van der Waals surface area contributed by atoms with E-state index in [0.29, 0.717) is 5.56 Å². The van der Waals surface area contributed by atoms with Gasteiger partial charge in [-0.2, -0.15) is 0 Å². The van der Waals surface area contributed by atoms with Crippen molar-refractivity contribution in [2.24, 2.45) is 0 Å². The number of aromatic amines is 1. The summed E-state index contributed by atoms with van der Waals surface area (Å²) >= 11 is 0. The molecule has 1 aromatic heterocycles. The van der Waals surface area contributed by atoms with Crippen molar-refractivity contribution in [2.45, 2.75) is 18.9 Å². The Morgan fingerprint density at radius 2 is 1.66 bits per heavy atom. The number of hydrogen-bond acceptors (Lipinski definition) is 7. The predicted molar refractivity (Wildman–Crippen MR) is 121 cm³/mol. The molecule has 0 aliphatic rings. The van der Waals surface area contributed by atoms with E-state index in [1.54, 1.807) is 30.5 Å². The number of rotatable bonds is 10. The van der Waals surface area contributed by atoms with E-state index >= 15 is 0 Å². The van der Waals surface area contributed by atoms with Gasteiger partial charge in [-0.3, -0.25) is 14.4 Å². The number of carboxylic acid groups (broad SMARTS) is 2. The molecule has 0 aliphatic heterocycles. The van der Waals surface area contributed by atoms with E-state index in [1.807, 2.05) is 0 Å². The van der Waals surface area contributed by atoms with Gasteiger partial charge in [0.15, 0.2) is 17.2 Å². The summed E-state index contributed by atoms with van der Waals surface area (Å²) < 4.78 is 0. The number of phenols is 3. The molecule has 0 bridgehead atoms. The molecule has 12 nitrogen and oxygen atoms in total. The Labute approximate surface area is 198 Å². The van der Waals surface area contributed by atoms with Crippen molar-refractivity contribution in [2.75, 3.05) is 13.1 Å². The quantitative estimate of drug-likeness (QED) is 0.205. The first-order chi connectivity index (χ1) is 16.6. The van der Waals surface area contributed by atoms with Crippen molar-refractivity contribution in [3.63, 3.8) is 0 Å². The minimum atomic E-state index is -1.55. The number of nitrogens with zero attached hydrogens (tertiary/aromatic N) is 1. The number of H-pyrrole nitrogens is 1. The van der Waals surface area contributed by atoms with E-state index in [2.05, 4.69) is 10.3 Å². The number of benzene rings is 2. The number of para-hydroxylation sites is 1. The number of phenolic OH excluding ortho intramolecular Hbond substituents is 3. The van der Waals surface area contributed by atoms with Crippen LogP contribution in [0.3, 0.4) is 0 Å². The second-order valence-electron chi connectivity index (χ2n) is 7.71. The lowest BCUT2D eigenvalue weighted by Crippen LogP contribution is -2.50. The van der Waals surface area contributed by atoms with Crippen molar-refractivity contribution < 1.29 is 44.7 Å². The zero-order chi connectivity index (χ0) is 25.7. The highest BCUT2D eigenvalue weighted by molar-refractivity contribution is 6.00. The summed E-state index contributed by atoms with van der Waals surface area (Å²) in [6, 6.07) is 7.21. The number of aromatic hydroxyl groups is 3. The number of carboxylic acids is 2. The zero-order valence-electron chi connectivity index (χ0n) is 18.3. The summed E-state index contributed by atoms with van der Waals surface area (Å²) in [6.07, 6.45) is 1.02. The van der Waals surface area contributed by atoms with E-state index in [1.165, 1.54) is 0 Å². The van der Waals surface area contributed by atoms with Crippen LogP contribution in [0.5, 0.6) is 17.2 Å². The molecule has 1 atom stereocenters. The summed E-state index contributed by atoms with van der Waals surface area (Å²) in [5.74, 6) is -6.91. The van der Waals surface area contributed by atoms with E-state index in [0.717, 1.165) is 27.9 Å². The summed E-state index contributed by atoms with van der Waals surface area (Å²) in [4.78, 5) is 52.5. The lowest BCUT2D eigenvalue weighted by molar-refractivity contribution is -0.142. The Hall–Kier alpha value is -4.74. The van der Waals surface area contributed by atoms with Gasteiger partial charge in [0.2, 0.25) is 5.91 Å². The molecule has 35 heavy (non-hydrogen) atoms. The molecule has 0 fully saturated rings. The highest BCUT2D eigenvalue weighted by Gasteiger charge is 2.33. The molecule has 0 radical (unpaired) electrons. The topological polar surface area (TPSA) is 200 Å². The third-order valence-electron chi connectivity index (χ3n) is 5.30. The molecule has 12 heteroatoms. The van der Waals surface area contributed by atoms with Crippen LogP contribution in [0.1, 0.15) is 22.3 Å². The molecule has 0 unspecified atom stereocenters. The van der Waals surface area contributed by atoms with Crippen LogP contribution >= 0.6 is 0 Å². The van der Waals surface area contributed by atoms with Gasteiger partial charge in [0.25, 0.3) is 5.91 Å². The third kappa shape index (κ3) is 5.79. The number of aromatic nitrogens is 1. The molecule has 0 spiro atoms. The Kier molecular flexibility index (Phi) is 7.44. The molecular weight excluding hydrogens is 462 g/mol. The molecular formula is C23H23N3O9. The molecule has 184 valence electrons. The number of hydrogen-bond donors (Lipinski definition) is 7. The second-order valence-corrected chi connectivity index (χ2v) is 7.71. The van der Waals surface area contributed by atoms with E-state index in [4.69, 9.17) is 5.11 Å². The lowest BCUT2D eigenvalue weighted by Gasteiger charge is -2.29. The monoisotopic (exact) mass is 485 g/mol. The van der Waals surface area contributed by atoms with Crippen molar-refractivity contribution in [3.05, 3.63) is 53.7 Å². The van der Waals surface area contributed by atoms with Crippen molar-refractivity contribution in [1.29, 1.82) is 0 Å². The van der Waals surface area contributed by atoms with Crippen LogP contribution < -0.4 is 5.32 Å². The zero-order valence-corrected chi connectivity index (χ0v) is 18.3. The largest absolute Gasteiger partial charge is 0.504 e. The number of carbonyl (C=O) groups is 4. The lowest BCUT2D eigenvalue weighted by atomic mass is 10.0. The normalized spacial score (nSPS) is 11.7. The minimum Gasteiger partial charge on any atom is -0.504 e. The molecule has 7 N–H and O–H groups in total. The second kappa shape index (κ2) is 10.5. The first-order valence-corrected chi connectivity index (χ1v) is 10.4. The molecule has 0 aliphatic carbocycles. The first-order valence-electron chi connectivity index (χ1n) is 10.4. The van der Waals surface area contributed by atoms with Gasteiger partial charge in [-0.25, -0.2) is 4.79 Å². The number of aliphatic carboxylic acids is 2. The van der Waals surface area contributed by atoms with Crippen LogP contribution in [-0.2, 0) is 20.8 Å². The van der Waals surface area contributed by atoms with Crippen LogP contribution in [0, 0.1) is 0 Å². The van der Waals surface area contributed by atoms with Gasteiger partial charge in [-0.1, -0.05) is 18.2 Å². The van der Waals surface area contributed by atoms with Gasteiger partial charge in [0.1, 0.15) is 12.6 Å². The van der Waals surface area contributed by atoms with Gasteiger partial charge in [-0.05, 0) is 23.8 Å². The summed E-state index contributed by atoms with van der Waals surface area (Å²) in [7, 11) is 0. The first kappa shape index (κ1) is 24.9. The number of carbonyl (C=O) groups excluding carboxylic acids is 2. The Balaban J connectivity index is 1.96. The maximum absolute atomic E-state index is 13.3. The standard InChI is InChI=1S/C23H23N3O9/c27-17-8-12(9-18(28)21(17)32)22(33)26(11-19(29)24-6-5-20(30)31)16(23(34)35)7-13-10-25-15-4-2-1-3-14(13)15/h1-4,8-10,16,25,27-28,32H,5-7,11H2,(H,24,29)(H,30,31)(H,34,35)/t16-/m0/s1. The molecule has 0 saturated heterocycles. The van der Waals surface area contributed by atoms with E-state index < -0.39 is 53.6 Å². The van der Waals surface area contributed by atoms with E-state index in [-0.39, 0.29) is 24.9 Å². The summed E-state index contributed by atoms with van der Waals surface area (Å²) in [5, 5.41) is 50.9. The van der Waals surface area contributed by atoms with E-state index in [9.17, 15) is 39.6 Å². The number of fused-ring (bicyclic) bond motifs is 1. The van der Waals surface area contributed by atoms with Crippen molar-refractivity contribution in [3.8, 4) is 17.2 Å². The fourth-order valence-electron chi connectivity index (χ4n) is 3.58. The van der Waals surface area contributed by atoms with Gasteiger partial charge in [0, 0.05) is 35.6 Å². The molecule has 3 aromatic rings. The fourth-order valence-corrected chi connectivity index (χ4v) is 3.58. The molecule has 1 heterocycles. The Bertz CT molecular complexity index is 1260. The van der Waals surface area contributed by atoms with Crippen LogP contribution in [0.15, 0.2) is 42.6 Å². The maximum atomic E-state index is 13.3. The average Bonchev–Trinajstić information content (AvgIpc) is 3.21. The number of nitrogens with one attached hydrogen (secondary N) is 2. The van der Waals surface area contributed by atoms with Crippen LogP contribution in [0.2, 0.25) is 0 Å². The molecule has 2 amide bonds. The SMILES string of the molecule is O=C(O)CCNC(=O)CN(C(=O)c1cc(O)c(O)c(O)c1)[C@@H](Cc1c[nH]c2ccccc12)C(=O)O. The Morgan fingerprint density at radius 3 is 2.29 bits per heavy atom. The van der Waals surface area contributed by atoms with Gasteiger partial charge < -0.3 is 40.7 Å². The Morgan fingerprint density at radius 1 is 1.00 bits per heavy atom. The third-order valence-corrected chi connectivity index (χ3v) is 5.30. The number of amides is 2. The average molecular weight is 485 g/mol. The van der Waals surface area contributed by atoms with Crippen LogP contribution in [0.25, 0.3) is 10.9 Å². The highest BCUT2D eigenvalue weighted by atomic mass is 16.4. The fraction of sp³-hybridized carbons (Fsp3) is 0.217. The minimum absolute atomic E-state index is 0.191. The van der Waals surface area contributed by atoms with Gasteiger partial charge in [0.05, 0.1) is 6.42 Å². The molecule has 2 aromatic carbocycles. The van der Waals surface area contributed by atoms with Crippen LogP contribution in [-0.4, -0.2) is 78.3 Å². The van der Waals surface area contributed by atoms with Crippen LogP contribution in [0.4, 0.5) is 0 Å². The van der Waals surface area contributed by atoms with Gasteiger partial charge >= 0.3 is 11.9 Å². The summed E-state index contributed by atoms with van der Waals surface area (Å²) in [6.45, 7) is -0.989. The predicted octanol–water partition coefficient (Wildman–Crippen LogP) is 1.01. The molecule has 0 saturated carbocycles. The van der Waals surface area contributed by atoms with Crippen molar-refractivity contribution in [1.82, 2.24) is 15.2 Å². The maximum Gasteiger partial charge on any atom is 0.326 e. The van der Waals surface area contributed by atoms with Gasteiger partial charge in [-0.15, -0.1) is 0 Å². The smallest absolute Gasteiger partial charge is 0.326 e. The highest BCUT2D eigenvalue weighted by Crippen LogP contribution is 2.36.